The molecule has 1 heterocycles. The van der Waals surface area contributed by atoms with Gasteiger partial charge in [0.15, 0.2) is 0 Å². The van der Waals surface area contributed by atoms with Gasteiger partial charge in [0, 0.05) is 17.7 Å². The predicted octanol–water partition coefficient (Wildman–Crippen LogP) is 3.01. The fourth-order valence-electron chi connectivity index (χ4n) is 1.66. The van der Waals surface area contributed by atoms with Crippen LogP contribution in [0.4, 0.5) is 0 Å². The zero-order valence-corrected chi connectivity index (χ0v) is 12.0. The van der Waals surface area contributed by atoms with Gasteiger partial charge in [-0.2, -0.15) is 0 Å². The minimum atomic E-state index is 0.0161. The molecule has 0 unspecified atom stereocenters. The summed E-state index contributed by atoms with van der Waals surface area (Å²) >= 11 is 1.64. The summed E-state index contributed by atoms with van der Waals surface area (Å²) in [7, 11) is 0. The van der Waals surface area contributed by atoms with Gasteiger partial charge in [-0.05, 0) is 5.56 Å². The van der Waals surface area contributed by atoms with E-state index in [4.69, 9.17) is 0 Å². The van der Waals surface area contributed by atoms with Crippen molar-refractivity contribution < 1.29 is 4.79 Å². The van der Waals surface area contributed by atoms with E-state index >= 15 is 0 Å². The molecule has 1 amide bonds. The molecule has 2 rings (SSSR count). The molecule has 19 heavy (non-hydrogen) atoms. The predicted molar refractivity (Wildman–Crippen MR) is 78.0 cm³/mol. The number of hydrogen-bond donors (Lipinski definition) is 1. The van der Waals surface area contributed by atoms with Crippen LogP contribution in [0, 0.1) is 5.92 Å². The SMILES string of the molecule is CC(C)C(=O)NCc1csc(Cc2ccccc2)n1. The Labute approximate surface area is 117 Å². The molecule has 1 N–H and O–H groups in total. The molecule has 0 aliphatic heterocycles. The molecular weight excluding hydrogens is 256 g/mol. The van der Waals surface area contributed by atoms with Gasteiger partial charge in [-0.1, -0.05) is 44.2 Å². The molecular formula is C15H18N2OS. The van der Waals surface area contributed by atoms with E-state index in [2.05, 4.69) is 22.4 Å². The molecule has 0 spiro atoms. The average Bonchev–Trinajstić information content (AvgIpc) is 2.84. The van der Waals surface area contributed by atoms with Crippen molar-refractivity contribution in [2.75, 3.05) is 0 Å². The number of thiazole rings is 1. The number of nitrogens with one attached hydrogen (secondary N) is 1. The first-order chi connectivity index (χ1) is 9.15. The Balaban J connectivity index is 1.91. The Bertz CT molecular complexity index is 534. The van der Waals surface area contributed by atoms with Gasteiger partial charge < -0.3 is 5.32 Å². The monoisotopic (exact) mass is 274 g/mol. The summed E-state index contributed by atoms with van der Waals surface area (Å²) in [6, 6.07) is 10.3. The molecule has 100 valence electrons. The Kier molecular flexibility index (Phi) is 4.68. The summed E-state index contributed by atoms with van der Waals surface area (Å²) in [4.78, 5) is 16.0. The lowest BCUT2D eigenvalue weighted by Gasteiger charge is -2.05. The summed E-state index contributed by atoms with van der Waals surface area (Å²) < 4.78 is 0. The van der Waals surface area contributed by atoms with Crippen LogP contribution in [-0.2, 0) is 17.8 Å². The van der Waals surface area contributed by atoms with Gasteiger partial charge in [-0.25, -0.2) is 4.98 Å². The van der Waals surface area contributed by atoms with Crippen LogP contribution in [-0.4, -0.2) is 10.9 Å². The van der Waals surface area contributed by atoms with E-state index in [1.54, 1.807) is 11.3 Å². The van der Waals surface area contributed by atoms with E-state index in [0.29, 0.717) is 6.54 Å². The fourth-order valence-corrected chi connectivity index (χ4v) is 2.49. The van der Waals surface area contributed by atoms with Gasteiger partial charge in [-0.3, -0.25) is 4.79 Å². The van der Waals surface area contributed by atoms with Crippen molar-refractivity contribution in [2.24, 2.45) is 5.92 Å². The molecule has 0 atom stereocenters. The number of carbonyl (C=O) groups excluding carboxylic acids is 1. The molecule has 0 saturated heterocycles. The lowest BCUT2D eigenvalue weighted by molar-refractivity contribution is -0.124. The van der Waals surface area contributed by atoms with Crippen LogP contribution >= 0.6 is 11.3 Å². The lowest BCUT2D eigenvalue weighted by atomic mass is 10.2. The van der Waals surface area contributed by atoms with E-state index in [1.807, 2.05) is 37.4 Å². The second-order valence-electron chi connectivity index (χ2n) is 4.77. The average molecular weight is 274 g/mol. The first kappa shape index (κ1) is 13.7. The molecule has 1 aromatic carbocycles. The maximum atomic E-state index is 11.5. The molecule has 0 aliphatic rings. The van der Waals surface area contributed by atoms with Crippen molar-refractivity contribution in [1.29, 1.82) is 0 Å². The standard InChI is InChI=1S/C15H18N2OS/c1-11(2)15(18)16-9-13-10-19-14(17-13)8-12-6-4-3-5-7-12/h3-7,10-11H,8-9H2,1-2H3,(H,16,18). The highest BCUT2D eigenvalue weighted by molar-refractivity contribution is 7.09. The summed E-state index contributed by atoms with van der Waals surface area (Å²) in [5.41, 5.74) is 2.19. The van der Waals surface area contributed by atoms with E-state index in [-0.39, 0.29) is 11.8 Å². The highest BCUT2D eigenvalue weighted by Crippen LogP contribution is 2.14. The minimum Gasteiger partial charge on any atom is -0.350 e. The van der Waals surface area contributed by atoms with Gasteiger partial charge >= 0.3 is 0 Å². The zero-order chi connectivity index (χ0) is 13.7. The Morgan fingerprint density at radius 1 is 1.32 bits per heavy atom. The third kappa shape index (κ3) is 4.17. The molecule has 2 aromatic rings. The Hall–Kier alpha value is -1.68. The Morgan fingerprint density at radius 2 is 2.05 bits per heavy atom. The minimum absolute atomic E-state index is 0.0161. The van der Waals surface area contributed by atoms with E-state index in [0.717, 1.165) is 17.1 Å². The van der Waals surface area contributed by atoms with Crippen LogP contribution in [0.25, 0.3) is 0 Å². The molecule has 3 nitrogen and oxygen atoms in total. The third-order valence-electron chi connectivity index (χ3n) is 2.77. The highest BCUT2D eigenvalue weighted by atomic mass is 32.1. The molecule has 0 bridgehead atoms. The van der Waals surface area contributed by atoms with Crippen LogP contribution in [0.3, 0.4) is 0 Å². The number of hydrogen-bond acceptors (Lipinski definition) is 3. The largest absolute Gasteiger partial charge is 0.350 e. The number of nitrogens with zero attached hydrogens (tertiary/aromatic N) is 1. The van der Waals surface area contributed by atoms with Crippen molar-refractivity contribution in [3.05, 3.63) is 52.0 Å². The lowest BCUT2D eigenvalue weighted by Crippen LogP contribution is -2.27. The Morgan fingerprint density at radius 3 is 2.74 bits per heavy atom. The van der Waals surface area contributed by atoms with Crippen molar-refractivity contribution in [3.8, 4) is 0 Å². The van der Waals surface area contributed by atoms with Gasteiger partial charge in [-0.15, -0.1) is 11.3 Å². The van der Waals surface area contributed by atoms with Crippen LogP contribution in [0.5, 0.6) is 0 Å². The number of rotatable bonds is 5. The quantitative estimate of drug-likeness (QED) is 0.910. The summed E-state index contributed by atoms with van der Waals surface area (Å²) in [5.74, 6) is 0.0834. The molecule has 4 heteroatoms. The van der Waals surface area contributed by atoms with Crippen molar-refractivity contribution >= 4 is 17.2 Å². The fraction of sp³-hybridized carbons (Fsp3) is 0.333. The van der Waals surface area contributed by atoms with Crippen molar-refractivity contribution in [2.45, 2.75) is 26.8 Å². The smallest absolute Gasteiger partial charge is 0.222 e. The van der Waals surface area contributed by atoms with Gasteiger partial charge in [0.1, 0.15) is 0 Å². The van der Waals surface area contributed by atoms with Crippen molar-refractivity contribution in [1.82, 2.24) is 10.3 Å². The van der Waals surface area contributed by atoms with Crippen LogP contribution in [0.2, 0.25) is 0 Å². The molecule has 0 radical (unpaired) electrons. The molecule has 1 aromatic heterocycles. The maximum Gasteiger partial charge on any atom is 0.222 e. The van der Waals surface area contributed by atoms with Crippen LogP contribution < -0.4 is 5.32 Å². The van der Waals surface area contributed by atoms with E-state index in [9.17, 15) is 4.79 Å². The van der Waals surface area contributed by atoms with Crippen molar-refractivity contribution in [3.63, 3.8) is 0 Å². The van der Waals surface area contributed by atoms with Crippen LogP contribution in [0.1, 0.15) is 30.1 Å². The normalized spacial score (nSPS) is 10.7. The number of benzene rings is 1. The third-order valence-corrected chi connectivity index (χ3v) is 3.66. The number of amides is 1. The molecule has 0 aliphatic carbocycles. The van der Waals surface area contributed by atoms with E-state index < -0.39 is 0 Å². The number of aromatic nitrogens is 1. The van der Waals surface area contributed by atoms with Gasteiger partial charge in [0.25, 0.3) is 0 Å². The summed E-state index contributed by atoms with van der Waals surface area (Å²) in [6.07, 6.45) is 0.851. The molecule has 0 saturated carbocycles. The second-order valence-corrected chi connectivity index (χ2v) is 5.71. The van der Waals surface area contributed by atoms with Crippen LogP contribution in [0.15, 0.2) is 35.7 Å². The second kappa shape index (κ2) is 6.48. The first-order valence-corrected chi connectivity index (χ1v) is 7.28. The highest BCUT2D eigenvalue weighted by Gasteiger charge is 2.08. The van der Waals surface area contributed by atoms with Gasteiger partial charge in [0.05, 0.1) is 17.2 Å². The molecule has 0 fully saturated rings. The van der Waals surface area contributed by atoms with Gasteiger partial charge in [0.2, 0.25) is 5.91 Å². The van der Waals surface area contributed by atoms with E-state index in [1.165, 1.54) is 5.56 Å². The topological polar surface area (TPSA) is 42.0 Å². The maximum absolute atomic E-state index is 11.5. The summed E-state index contributed by atoms with van der Waals surface area (Å²) in [5, 5.41) is 5.98. The number of carbonyl (C=O) groups is 1. The zero-order valence-electron chi connectivity index (χ0n) is 11.2. The first-order valence-electron chi connectivity index (χ1n) is 6.40. The summed E-state index contributed by atoms with van der Waals surface area (Å²) in [6.45, 7) is 4.29.